The monoisotopic (exact) mass is 439 g/mol. The van der Waals surface area contributed by atoms with Crippen LogP contribution in [0, 0.1) is 0 Å². The van der Waals surface area contributed by atoms with Crippen LogP contribution in [0.15, 0.2) is 29.4 Å². The van der Waals surface area contributed by atoms with Crippen molar-refractivity contribution < 1.29 is 24.3 Å². The molecule has 166 valence electrons. The minimum Gasteiger partial charge on any atom is -0.444 e. The first-order valence-electron chi connectivity index (χ1n) is 9.76. The van der Waals surface area contributed by atoms with Gasteiger partial charge in [0.15, 0.2) is 5.17 Å². The van der Waals surface area contributed by atoms with E-state index in [1.54, 1.807) is 34.1 Å². The average Bonchev–Trinajstić information content (AvgIpc) is 2.64. The zero-order valence-electron chi connectivity index (χ0n) is 18.3. The predicted molar refractivity (Wildman–Crippen MR) is 114 cm³/mol. The molecule has 9 heteroatoms. The van der Waals surface area contributed by atoms with Crippen LogP contribution in [0.25, 0.3) is 0 Å². The summed E-state index contributed by atoms with van der Waals surface area (Å²) in [4.78, 5) is 28.6. The molecule has 0 aromatic heterocycles. The molecule has 1 aromatic rings. The zero-order chi connectivity index (χ0) is 22.7. The number of nitrogens with zero attached hydrogens (tertiary/aromatic N) is 3. The summed E-state index contributed by atoms with van der Waals surface area (Å²) in [6.45, 7) is 11.8. The van der Waals surface area contributed by atoms with E-state index in [1.807, 2.05) is 41.5 Å². The van der Waals surface area contributed by atoms with Gasteiger partial charge in [0.1, 0.15) is 11.2 Å². The Bertz CT molecular complexity index is 796. The second kappa shape index (κ2) is 9.12. The Morgan fingerprint density at radius 1 is 1.00 bits per heavy atom. The van der Waals surface area contributed by atoms with Gasteiger partial charge in [-0.05, 0) is 47.1 Å². The molecule has 1 aromatic carbocycles. The Morgan fingerprint density at radius 2 is 1.53 bits per heavy atom. The van der Waals surface area contributed by atoms with Crippen LogP contribution < -0.4 is 0 Å². The van der Waals surface area contributed by atoms with Crippen LogP contribution in [-0.4, -0.2) is 63.2 Å². The second-order valence-corrected chi connectivity index (χ2v) is 9.49. The molecule has 1 heterocycles. The first kappa shape index (κ1) is 23.8. The van der Waals surface area contributed by atoms with Crippen LogP contribution in [0.3, 0.4) is 0 Å². The predicted octanol–water partition coefficient (Wildman–Crippen LogP) is 4.59. The van der Waals surface area contributed by atoms with Crippen LogP contribution >= 0.6 is 11.6 Å². The lowest BCUT2D eigenvalue weighted by Gasteiger charge is -2.42. The fourth-order valence-corrected chi connectivity index (χ4v) is 3.13. The average molecular weight is 440 g/mol. The number of rotatable bonds is 2. The van der Waals surface area contributed by atoms with Gasteiger partial charge in [-0.25, -0.2) is 9.59 Å². The van der Waals surface area contributed by atoms with Crippen molar-refractivity contribution in [3.8, 4) is 0 Å². The molecule has 30 heavy (non-hydrogen) atoms. The number of benzene rings is 1. The van der Waals surface area contributed by atoms with Gasteiger partial charge in [0.05, 0.1) is 6.04 Å². The Labute approximate surface area is 182 Å². The first-order valence-corrected chi connectivity index (χ1v) is 10.1. The highest BCUT2D eigenvalue weighted by molar-refractivity contribution is 6.69. The maximum atomic E-state index is 12.8. The molecule has 2 rings (SSSR count). The van der Waals surface area contributed by atoms with E-state index >= 15 is 0 Å². The summed E-state index contributed by atoms with van der Waals surface area (Å²) in [6.07, 6.45) is -0.876. The standard InChI is InChI=1S/C21H30ClN3O5/c1-20(2,3)29-18(26)24-11-12-25(19(27)30-21(4,5)6)16(13-24)14-7-9-15(10-8-14)17(22)23-28/h7-10,16,28H,11-13H2,1-6H3/b23-17+. The van der Waals surface area contributed by atoms with Gasteiger partial charge in [0, 0.05) is 25.2 Å². The van der Waals surface area contributed by atoms with Gasteiger partial charge in [-0.1, -0.05) is 41.0 Å². The van der Waals surface area contributed by atoms with Gasteiger partial charge in [-0.2, -0.15) is 0 Å². The van der Waals surface area contributed by atoms with Crippen molar-refractivity contribution in [2.45, 2.75) is 58.8 Å². The topological polar surface area (TPSA) is 91.7 Å². The van der Waals surface area contributed by atoms with Crippen molar-refractivity contribution in [2.75, 3.05) is 19.6 Å². The van der Waals surface area contributed by atoms with E-state index in [0.717, 1.165) is 5.56 Å². The third kappa shape index (κ3) is 6.52. The summed E-state index contributed by atoms with van der Waals surface area (Å²) in [5.74, 6) is 0. The van der Waals surface area contributed by atoms with Crippen LogP contribution in [0.1, 0.15) is 58.7 Å². The summed E-state index contributed by atoms with van der Waals surface area (Å²) in [7, 11) is 0. The number of halogens is 1. The maximum absolute atomic E-state index is 12.8. The fourth-order valence-electron chi connectivity index (χ4n) is 3.00. The normalized spacial score (nSPS) is 18.2. The van der Waals surface area contributed by atoms with Crippen molar-refractivity contribution >= 4 is 29.0 Å². The summed E-state index contributed by atoms with van der Waals surface area (Å²) >= 11 is 5.85. The molecule has 2 amide bonds. The molecule has 1 fully saturated rings. The summed E-state index contributed by atoms with van der Waals surface area (Å²) in [5.41, 5.74) is 0.0716. The molecule has 0 spiro atoms. The van der Waals surface area contributed by atoms with E-state index in [9.17, 15) is 9.59 Å². The van der Waals surface area contributed by atoms with E-state index in [2.05, 4.69) is 5.16 Å². The van der Waals surface area contributed by atoms with Crippen LogP contribution in [-0.2, 0) is 9.47 Å². The van der Waals surface area contributed by atoms with Crippen molar-refractivity contribution in [3.63, 3.8) is 0 Å². The Balaban J connectivity index is 2.30. The largest absolute Gasteiger partial charge is 0.444 e. The number of hydrogen-bond acceptors (Lipinski definition) is 6. The molecule has 1 N–H and O–H groups in total. The molecule has 0 saturated carbocycles. The van der Waals surface area contributed by atoms with E-state index in [0.29, 0.717) is 18.7 Å². The molecule has 1 aliphatic rings. The number of amides is 2. The highest BCUT2D eigenvalue weighted by Crippen LogP contribution is 2.29. The summed E-state index contributed by atoms with van der Waals surface area (Å²) in [5, 5.41) is 11.8. The third-order valence-corrected chi connectivity index (χ3v) is 4.58. The molecule has 0 radical (unpaired) electrons. The van der Waals surface area contributed by atoms with Crippen LogP contribution in [0.5, 0.6) is 0 Å². The van der Waals surface area contributed by atoms with Gasteiger partial charge < -0.3 is 19.6 Å². The number of hydrogen-bond donors (Lipinski definition) is 1. The zero-order valence-corrected chi connectivity index (χ0v) is 19.1. The molecule has 1 atom stereocenters. The Morgan fingerprint density at radius 3 is 2.03 bits per heavy atom. The molecule has 1 saturated heterocycles. The molecule has 1 unspecified atom stereocenters. The molecule has 0 bridgehead atoms. The highest BCUT2D eigenvalue weighted by atomic mass is 35.5. The second-order valence-electron chi connectivity index (χ2n) is 9.13. The van der Waals surface area contributed by atoms with Crippen molar-refractivity contribution in [1.29, 1.82) is 0 Å². The molecular formula is C21H30ClN3O5. The lowest BCUT2D eigenvalue weighted by Crippen LogP contribution is -2.54. The Hall–Kier alpha value is -2.48. The number of carbonyl (C=O) groups excluding carboxylic acids is 2. The van der Waals surface area contributed by atoms with E-state index in [-0.39, 0.29) is 11.7 Å². The van der Waals surface area contributed by atoms with Gasteiger partial charge in [0.2, 0.25) is 0 Å². The summed E-state index contributed by atoms with van der Waals surface area (Å²) in [6, 6.07) is 6.52. The first-order chi connectivity index (χ1) is 13.8. The van der Waals surface area contributed by atoms with Crippen molar-refractivity contribution in [3.05, 3.63) is 35.4 Å². The Kier molecular flexibility index (Phi) is 7.23. The van der Waals surface area contributed by atoms with Crippen molar-refractivity contribution in [2.24, 2.45) is 5.16 Å². The van der Waals surface area contributed by atoms with Crippen LogP contribution in [0.2, 0.25) is 0 Å². The van der Waals surface area contributed by atoms with E-state index in [4.69, 9.17) is 26.3 Å². The highest BCUT2D eigenvalue weighted by Gasteiger charge is 2.37. The molecule has 1 aliphatic heterocycles. The fraction of sp³-hybridized carbons (Fsp3) is 0.571. The maximum Gasteiger partial charge on any atom is 0.410 e. The molecular weight excluding hydrogens is 410 g/mol. The molecule has 8 nitrogen and oxygen atoms in total. The quantitative estimate of drug-likeness (QED) is 0.413. The summed E-state index contributed by atoms with van der Waals surface area (Å²) < 4.78 is 11.1. The van der Waals surface area contributed by atoms with E-state index in [1.165, 1.54) is 0 Å². The van der Waals surface area contributed by atoms with Crippen LogP contribution in [0.4, 0.5) is 9.59 Å². The molecule has 0 aliphatic carbocycles. The lowest BCUT2D eigenvalue weighted by molar-refractivity contribution is -0.0152. The number of oxime groups is 1. The minimum absolute atomic E-state index is 0.0374. The van der Waals surface area contributed by atoms with Gasteiger partial charge in [-0.3, -0.25) is 4.90 Å². The minimum atomic E-state index is -0.640. The van der Waals surface area contributed by atoms with E-state index < -0.39 is 29.4 Å². The number of piperazine rings is 1. The van der Waals surface area contributed by atoms with Gasteiger partial charge in [-0.15, -0.1) is 0 Å². The van der Waals surface area contributed by atoms with Crippen molar-refractivity contribution in [1.82, 2.24) is 9.80 Å². The SMILES string of the molecule is CC(C)(C)OC(=O)N1CCN(C(=O)OC(C)(C)C)C(c2ccc(/C(Cl)=N\O)cc2)C1. The lowest BCUT2D eigenvalue weighted by atomic mass is 10.0. The number of ether oxygens (including phenoxy) is 2. The third-order valence-electron chi connectivity index (χ3n) is 4.28. The smallest absolute Gasteiger partial charge is 0.410 e. The number of carbonyl (C=O) groups is 2. The van der Waals surface area contributed by atoms with Gasteiger partial charge in [0.25, 0.3) is 0 Å². The van der Waals surface area contributed by atoms with Gasteiger partial charge >= 0.3 is 12.2 Å².